The van der Waals surface area contributed by atoms with Crippen LogP contribution in [0.4, 0.5) is 11.5 Å². The molecule has 0 fully saturated rings. The number of hydrogen-bond donors (Lipinski definition) is 0. The van der Waals surface area contributed by atoms with Crippen molar-refractivity contribution in [1.82, 2.24) is 9.97 Å². The Morgan fingerprint density at radius 1 is 0.900 bits per heavy atom. The van der Waals surface area contributed by atoms with Gasteiger partial charge in [-0.2, -0.15) is 0 Å². The minimum absolute atomic E-state index is 0.0859. The fourth-order valence-corrected chi connectivity index (χ4v) is 3.41. The number of carbonyl (C=O) groups excluding carboxylic acids is 1. The van der Waals surface area contributed by atoms with Crippen molar-refractivity contribution in [1.29, 1.82) is 0 Å². The first kappa shape index (κ1) is 19.5. The van der Waals surface area contributed by atoms with Crippen LogP contribution in [0.5, 0.6) is 23.0 Å². The zero-order chi connectivity index (χ0) is 21.3. The van der Waals surface area contributed by atoms with Gasteiger partial charge in [0.25, 0.3) is 0 Å². The number of ether oxygens (including phenoxy) is 4. The lowest BCUT2D eigenvalue weighted by atomic mass is 10.1. The maximum atomic E-state index is 12.7. The SMILES string of the molecule is COc1ccc(N2C(=O)Cc3ncc(-c4cc(OC)c(OC)c(OC)c4)nc32)cc1. The quantitative estimate of drug-likeness (QED) is 0.619. The summed E-state index contributed by atoms with van der Waals surface area (Å²) < 4.78 is 21.5. The number of rotatable bonds is 6. The van der Waals surface area contributed by atoms with E-state index in [0.29, 0.717) is 45.9 Å². The Labute approximate surface area is 174 Å². The second kappa shape index (κ2) is 7.90. The van der Waals surface area contributed by atoms with Crippen LogP contribution < -0.4 is 23.8 Å². The summed E-state index contributed by atoms with van der Waals surface area (Å²) in [4.78, 5) is 23.5. The molecule has 1 amide bonds. The van der Waals surface area contributed by atoms with E-state index < -0.39 is 0 Å². The lowest BCUT2D eigenvalue weighted by molar-refractivity contribution is -0.116. The molecule has 4 rings (SSSR count). The van der Waals surface area contributed by atoms with Crippen LogP contribution in [-0.2, 0) is 11.2 Å². The summed E-state index contributed by atoms with van der Waals surface area (Å²) in [5.74, 6) is 2.65. The molecule has 0 bridgehead atoms. The van der Waals surface area contributed by atoms with Crippen LogP contribution in [0.15, 0.2) is 42.6 Å². The Morgan fingerprint density at radius 2 is 1.57 bits per heavy atom. The van der Waals surface area contributed by atoms with Gasteiger partial charge in [-0.1, -0.05) is 0 Å². The van der Waals surface area contributed by atoms with E-state index >= 15 is 0 Å². The highest BCUT2D eigenvalue weighted by molar-refractivity contribution is 6.05. The van der Waals surface area contributed by atoms with Gasteiger partial charge in [-0.05, 0) is 36.4 Å². The number of carbonyl (C=O) groups is 1. The molecule has 0 radical (unpaired) electrons. The average Bonchev–Trinajstić information content (AvgIpc) is 3.12. The third kappa shape index (κ3) is 3.26. The summed E-state index contributed by atoms with van der Waals surface area (Å²) in [6.45, 7) is 0. The number of benzene rings is 2. The number of anilines is 2. The predicted octanol–water partition coefficient (Wildman–Crippen LogP) is 3.40. The molecule has 0 saturated carbocycles. The lowest BCUT2D eigenvalue weighted by Gasteiger charge is -2.18. The monoisotopic (exact) mass is 407 g/mol. The molecule has 3 aromatic rings. The predicted molar refractivity (Wildman–Crippen MR) is 111 cm³/mol. The van der Waals surface area contributed by atoms with E-state index in [9.17, 15) is 4.79 Å². The highest BCUT2D eigenvalue weighted by Crippen LogP contribution is 2.42. The summed E-state index contributed by atoms with van der Waals surface area (Å²) in [7, 11) is 6.26. The summed E-state index contributed by atoms with van der Waals surface area (Å²) in [6, 6.07) is 10.8. The Hall–Kier alpha value is -3.81. The van der Waals surface area contributed by atoms with E-state index in [2.05, 4.69) is 4.98 Å². The van der Waals surface area contributed by atoms with Crippen LogP contribution in [0.3, 0.4) is 0 Å². The smallest absolute Gasteiger partial charge is 0.238 e. The number of nitrogens with zero attached hydrogens (tertiary/aromatic N) is 3. The van der Waals surface area contributed by atoms with Crippen LogP contribution in [-0.4, -0.2) is 44.3 Å². The van der Waals surface area contributed by atoms with Crippen LogP contribution in [0.1, 0.15) is 5.69 Å². The molecule has 1 aliphatic rings. The Morgan fingerprint density at radius 3 is 2.13 bits per heavy atom. The Balaban J connectivity index is 1.79. The first-order chi connectivity index (χ1) is 14.6. The Bertz CT molecular complexity index is 1070. The Kier molecular flexibility index (Phi) is 5.14. The van der Waals surface area contributed by atoms with Gasteiger partial charge in [-0.15, -0.1) is 0 Å². The fourth-order valence-electron chi connectivity index (χ4n) is 3.41. The van der Waals surface area contributed by atoms with Crippen molar-refractivity contribution in [3.8, 4) is 34.3 Å². The molecule has 8 nitrogen and oxygen atoms in total. The summed E-state index contributed by atoms with van der Waals surface area (Å²) in [5, 5.41) is 0. The molecular weight excluding hydrogens is 386 g/mol. The zero-order valence-corrected chi connectivity index (χ0v) is 17.1. The van der Waals surface area contributed by atoms with Gasteiger partial charge >= 0.3 is 0 Å². The number of fused-ring (bicyclic) bond motifs is 1. The van der Waals surface area contributed by atoms with Gasteiger partial charge in [0.15, 0.2) is 17.3 Å². The van der Waals surface area contributed by atoms with Crippen LogP contribution in [0, 0.1) is 0 Å². The van der Waals surface area contributed by atoms with Crippen molar-refractivity contribution in [2.45, 2.75) is 6.42 Å². The van der Waals surface area contributed by atoms with Gasteiger partial charge in [0, 0.05) is 5.56 Å². The average molecular weight is 407 g/mol. The van der Waals surface area contributed by atoms with Crippen molar-refractivity contribution >= 4 is 17.4 Å². The lowest BCUT2D eigenvalue weighted by Crippen LogP contribution is -2.21. The molecule has 1 aromatic heterocycles. The van der Waals surface area contributed by atoms with E-state index in [0.717, 1.165) is 5.56 Å². The zero-order valence-electron chi connectivity index (χ0n) is 17.1. The molecule has 0 unspecified atom stereocenters. The molecule has 154 valence electrons. The third-order valence-corrected chi connectivity index (χ3v) is 4.90. The molecule has 0 saturated heterocycles. The normalized spacial score (nSPS) is 12.5. The number of hydrogen-bond acceptors (Lipinski definition) is 7. The second-order valence-corrected chi connectivity index (χ2v) is 6.54. The number of methoxy groups -OCH3 is 4. The first-order valence-electron chi connectivity index (χ1n) is 9.23. The second-order valence-electron chi connectivity index (χ2n) is 6.54. The molecule has 0 spiro atoms. The third-order valence-electron chi connectivity index (χ3n) is 4.90. The van der Waals surface area contributed by atoms with E-state index in [1.807, 2.05) is 12.1 Å². The maximum Gasteiger partial charge on any atom is 0.238 e. The van der Waals surface area contributed by atoms with Crippen molar-refractivity contribution in [3.05, 3.63) is 48.3 Å². The van der Waals surface area contributed by atoms with Crippen LogP contribution in [0.2, 0.25) is 0 Å². The molecule has 0 aliphatic carbocycles. The first-order valence-corrected chi connectivity index (χ1v) is 9.23. The van der Waals surface area contributed by atoms with Gasteiger partial charge in [-0.3, -0.25) is 14.7 Å². The maximum absolute atomic E-state index is 12.7. The summed E-state index contributed by atoms with van der Waals surface area (Å²) in [6.07, 6.45) is 1.84. The van der Waals surface area contributed by atoms with E-state index in [1.54, 1.807) is 63.8 Å². The van der Waals surface area contributed by atoms with E-state index in [4.69, 9.17) is 23.9 Å². The molecule has 8 heteroatoms. The van der Waals surface area contributed by atoms with Gasteiger partial charge in [0.2, 0.25) is 11.7 Å². The standard InChI is InChI=1S/C22H21N3O5/c1-27-15-7-5-14(6-8-15)25-20(26)11-16-22(25)24-17(12-23-16)13-9-18(28-2)21(30-4)19(10-13)29-3/h5-10,12H,11H2,1-4H3. The van der Waals surface area contributed by atoms with Gasteiger partial charge < -0.3 is 18.9 Å². The molecule has 2 heterocycles. The van der Waals surface area contributed by atoms with E-state index in [1.165, 1.54) is 0 Å². The van der Waals surface area contributed by atoms with Crippen molar-refractivity contribution < 1.29 is 23.7 Å². The largest absolute Gasteiger partial charge is 0.497 e. The van der Waals surface area contributed by atoms with Crippen molar-refractivity contribution in [3.63, 3.8) is 0 Å². The van der Waals surface area contributed by atoms with Crippen molar-refractivity contribution in [2.75, 3.05) is 33.3 Å². The fraction of sp³-hybridized carbons (Fsp3) is 0.227. The molecule has 1 aliphatic heterocycles. The van der Waals surface area contributed by atoms with Gasteiger partial charge in [0.05, 0.1) is 58.1 Å². The van der Waals surface area contributed by atoms with Crippen molar-refractivity contribution in [2.24, 2.45) is 0 Å². The topological polar surface area (TPSA) is 83.0 Å². The molecule has 2 aromatic carbocycles. The summed E-state index contributed by atoms with van der Waals surface area (Å²) >= 11 is 0. The minimum Gasteiger partial charge on any atom is -0.497 e. The van der Waals surface area contributed by atoms with E-state index in [-0.39, 0.29) is 12.3 Å². The number of amides is 1. The highest BCUT2D eigenvalue weighted by Gasteiger charge is 2.32. The minimum atomic E-state index is -0.0859. The van der Waals surface area contributed by atoms with Gasteiger partial charge in [0.1, 0.15) is 5.75 Å². The van der Waals surface area contributed by atoms with Gasteiger partial charge in [-0.25, -0.2) is 4.98 Å². The molecule has 0 atom stereocenters. The summed E-state index contributed by atoms with van der Waals surface area (Å²) in [5.41, 5.74) is 2.65. The highest BCUT2D eigenvalue weighted by atomic mass is 16.5. The molecular formula is C22H21N3O5. The molecule has 30 heavy (non-hydrogen) atoms. The molecule has 0 N–H and O–H groups in total. The number of aromatic nitrogens is 2. The van der Waals surface area contributed by atoms with Crippen LogP contribution in [0.25, 0.3) is 11.3 Å². The van der Waals surface area contributed by atoms with Crippen LogP contribution >= 0.6 is 0 Å².